The fraction of sp³-hybridized carbons (Fsp3) is 0.333. The molecule has 0 amide bonds. The lowest BCUT2D eigenvalue weighted by Crippen LogP contribution is -2.14. The molecule has 0 spiro atoms. The number of pyridine rings is 1. The summed E-state index contributed by atoms with van der Waals surface area (Å²) in [5.41, 5.74) is 0.736. The third-order valence-electron chi connectivity index (χ3n) is 1.63. The Morgan fingerprint density at radius 1 is 1.62 bits per heavy atom. The summed E-state index contributed by atoms with van der Waals surface area (Å²) in [6, 6.07) is 3.52. The van der Waals surface area contributed by atoms with Gasteiger partial charge in [-0.05, 0) is 6.07 Å². The monoisotopic (exact) mass is 180 g/mol. The van der Waals surface area contributed by atoms with Crippen LogP contribution in [0.1, 0.15) is 5.56 Å². The van der Waals surface area contributed by atoms with E-state index in [1.165, 1.54) is 0 Å². The van der Waals surface area contributed by atoms with Crippen molar-refractivity contribution in [3.05, 3.63) is 23.9 Å². The van der Waals surface area contributed by atoms with Crippen molar-refractivity contribution in [3.63, 3.8) is 0 Å². The summed E-state index contributed by atoms with van der Waals surface area (Å²) in [4.78, 5) is 16.4. The number of aliphatic carboxylic acids is 1. The summed E-state index contributed by atoms with van der Waals surface area (Å²) in [5.74, 6) is -0.124. The molecule has 0 fully saturated rings. The van der Waals surface area contributed by atoms with Gasteiger partial charge >= 0.3 is 5.97 Å². The normalized spacial score (nSPS) is 9.69. The molecule has 0 bridgehead atoms. The van der Waals surface area contributed by atoms with E-state index >= 15 is 0 Å². The standard InChI is InChI=1S/C9H12N2O2/c1-11(2)9-7(6-8(12)13)4-3-5-10-9/h3-5H,6H2,1-2H3,(H,12,13). The maximum atomic E-state index is 10.5. The van der Waals surface area contributed by atoms with Crippen LogP contribution in [0.4, 0.5) is 5.82 Å². The molecule has 0 aliphatic rings. The van der Waals surface area contributed by atoms with Gasteiger partial charge in [-0.25, -0.2) is 4.98 Å². The Morgan fingerprint density at radius 2 is 2.31 bits per heavy atom. The molecule has 1 rings (SSSR count). The Balaban J connectivity index is 2.97. The predicted octanol–water partition coefficient (Wildman–Crippen LogP) is 0.775. The highest BCUT2D eigenvalue weighted by atomic mass is 16.4. The van der Waals surface area contributed by atoms with Gasteiger partial charge in [0.05, 0.1) is 6.42 Å². The molecule has 0 aromatic carbocycles. The van der Waals surface area contributed by atoms with Crippen LogP contribution in [-0.2, 0) is 11.2 Å². The van der Waals surface area contributed by atoms with E-state index in [0.29, 0.717) is 5.82 Å². The number of carboxylic acids is 1. The zero-order chi connectivity index (χ0) is 9.84. The van der Waals surface area contributed by atoms with E-state index in [4.69, 9.17) is 5.11 Å². The molecule has 1 aromatic rings. The smallest absolute Gasteiger partial charge is 0.307 e. The molecule has 4 nitrogen and oxygen atoms in total. The van der Waals surface area contributed by atoms with Gasteiger partial charge in [-0.3, -0.25) is 4.79 Å². The van der Waals surface area contributed by atoms with Gasteiger partial charge in [-0.15, -0.1) is 0 Å². The number of carboxylic acid groups (broad SMARTS) is 1. The van der Waals surface area contributed by atoms with Crippen molar-refractivity contribution >= 4 is 11.8 Å². The van der Waals surface area contributed by atoms with Gasteiger partial charge in [-0.1, -0.05) is 6.07 Å². The van der Waals surface area contributed by atoms with E-state index in [9.17, 15) is 4.79 Å². The summed E-state index contributed by atoms with van der Waals surface area (Å²) in [6.45, 7) is 0. The first kappa shape index (κ1) is 9.51. The first-order valence-electron chi connectivity index (χ1n) is 3.94. The molecular weight excluding hydrogens is 168 g/mol. The van der Waals surface area contributed by atoms with E-state index in [0.717, 1.165) is 5.56 Å². The summed E-state index contributed by atoms with van der Waals surface area (Å²) >= 11 is 0. The molecular formula is C9H12N2O2. The van der Waals surface area contributed by atoms with Gasteiger partial charge in [0.25, 0.3) is 0 Å². The summed E-state index contributed by atoms with van der Waals surface area (Å²) < 4.78 is 0. The van der Waals surface area contributed by atoms with Crippen molar-refractivity contribution < 1.29 is 9.90 Å². The predicted molar refractivity (Wildman–Crippen MR) is 49.9 cm³/mol. The first-order valence-corrected chi connectivity index (χ1v) is 3.94. The number of hydrogen-bond donors (Lipinski definition) is 1. The fourth-order valence-corrected chi connectivity index (χ4v) is 1.13. The molecule has 0 aliphatic heterocycles. The van der Waals surface area contributed by atoms with Crippen LogP contribution >= 0.6 is 0 Å². The van der Waals surface area contributed by atoms with E-state index in [-0.39, 0.29) is 6.42 Å². The average Bonchev–Trinajstić information content (AvgIpc) is 2.03. The van der Waals surface area contributed by atoms with Crippen molar-refractivity contribution in [2.75, 3.05) is 19.0 Å². The molecule has 4 heteroatoms. The van der Waals surface area contributed by atoms with Gasteiger partial charge in [0, 0.05) is 25.9 Å². The Morgan fingerprint density at radius 3 is 2.85 bits per heavy atom. The van der Waals surface area contributed by atoms with E-state index in [1.807, 2.05) is 14.1 Å². The molecule has 0 atom stereocenters. The van der Waals surface area contributed by atoms with E-state index in [1.54, 1.807) is 23.2 Å². The zero-order valence-electron chi connectivity index (χ0n) is 7.69. The third-order valence-corrected chi connectivity index (χ3v) is 1.63. The maximum absolute atomic E-state index is 10.5. The van der Waals surface area contributed by atoms with Gasteiger partial charge < -0.3 is 10.0 Å². The zero-order valence-corrected chi connectivity index (χ0v) is 7.69. The van der Waals surface area contributed by atoms with Crippen LogP contribution in [0.2, 0.25) is 0 Å². The maximum Gasteiger partial charge on any atom is 0.307 e. The molecule has 1 N–H and O–H groups in total. The molecule has 0 radical (unpaired) electrons. The minimum absolute atomic E-state index is 0.0152. The second-order valence-electron chi connectivity index (χ2n) is 2.95. The number of carbonyl (C=O) groups is 1. The minimum atomic E-state index is -0.837. The molecule has 0 unspecified atom stereocenters. The van der Waals surface area contributed by atoms with Crippen molar-refractivity contribution in [2.24, 2.45) is 0 Å². The summed E-state index contributed by atoms with van der Waals surface area (Å²) in [7, 11) is 3.68. The topological polar surface area (TPSA) is 53.4 Å². The van der Waals surface area contributed by atoms with Crippen LogP contribution in [-0.4, -0.2) is 30.2 Å². The van der Waals surface area contributed by atoms with Crippen LogP contribution in [0, 0.1) is 0 Å². The largest absolute Gasteiger partial charge is 0.481 e. The Hall–Kier alpha value is -1.58. The van der Waals surface area contributed by atoms with Crippen LogP contribution in [0.5, 0.6) is 0 Å². The van der Waals surface area contributed by atoms with Crippen LogP contribution in [0.3, 0.4) is 0 Å². The van der Waals surface area contributed by atoms with Crippen molar-refractivity contribution in [2.45, 2.75) is 6.42 Å². The second-order valence-corrected chi connectivity index (χ2v) is 2.95. The molecule has 13 heavy (non-hydrogen) atoms. The summed E-state index contributed by atoms with van der Waals surface area (Å²) in [6.07, 6.45) is 1.67. The summed E-state index contributed by atoms with van der Waals surface area (Å²) in [5, 5.41) is 8.63. The number of nitrogens with zero attached hydrogens (tertiary/aromatic N) is 2. The van der Waals surface area contributed by atoms with Gasteiger partial charge in [0.1, 0.15) is 5.82 Å². The third kappa shape index (κ3) is 2.43. The molecule has 1 aromatic heterocycles. The van der Waals surface area contributed by atoms with Gasteiger partial charge in [-0.2, -0.15) is 0 Å². The molecule has 1 heterocycles. The van der Waals surface area contributed by atoms with Crippen LogP contribution in [0.15, 0.2) is 18.3 Å². The molecule has 70 valence electrons. The molecule has 0 saturated carbocycles. The van der Waals surface area contributed by atoms with Gasteiger partial charge in [0.15, 0.2) is 0 Å². The highest BCUT2D eigenvalue weighted by Gasteiger charge is 2.08. The van der Waals surface area contributed by atoms with Crippen molar-refractivity contribution in [3.8, 4) is 0 Å². The first-order chi connectivity index (χ1) is 6.11. The van der Waals surface area contributed by atoms with E-state index < -0.39 is 5.97 Å². The molecule has 0 aliphatic carbocycles. The van der Waals surface area contributed by atoms with E-state index in [2.05, 4.69) is 4.98 Å². The van der Waals surface area contributed by atoms with Crippen LogP contribution in [0.25, 0.3) is 0 Å². The number of anilines is 1. The minimum Gasteiger partial charge on any atom is -0.481 e. The lowest BCUT2D eigenvalue weighted by molar-refractivity contribution is -0.136. The van der Waals surface area contributed by atoms with Crippen molar-refractivity contribution in [1.29, 1.82) is 0 Å². The Labute approximate surface area is 76.8 Å². The Bertz CT molecular complexity index is 310. The van der Waals surface area contributed by atoms with Crippen molar-refractivity contribution in [1.82, 2.24) is 4.98 Å². The highest BCUT2D eigenvalue weighted by Crippen LogP contribution is 2.14. The second kappa shape index (κ2) is 3.89. The van der Waals surface area contributed by atoms with Crippen LogP contribution < -0.4 is 4.90 Å². The number of hydrogen-bond acceptors (Lipinski definition) is 3. The number of rotatable bonds is 3. The number of aromatic nitrogens is 1. The Kier molecular flexibility index (Phi) is 2.84. The fourth-order valence-electron chi connectivity index (χ4n) is 1.13. The molecule has 0 saturated heterocycles. The SMILES string of the molecule is CN(C)c1ncccc1CC(=O)O. The van der Waals surface area contributed by atoms with Gasteiger partial charge in [0.2, 0.25) is 0 Å². The quantitative estimate of drug-likeness (QED) is 0.746. The lowest BCUT2D eigenvalue weighted by atomic mass is 10.2. The lowest BCUT2D eigenvalue weighted by Gasteiger charge is -2.14. The highest BCUT2D eigenvalue weighted by molar-refractivity contribution is 5.72. The average molecular weight is 180 g/mol.